The van der Waals surface area contributed by atoms with E-state index in [4.69, 9.17) is 12.2 Å². The predicted molar refractivity (Wildman–Crippen MR) is 84.8 cm³/mol. The summed E-state index contributed by atoms with van der Waals surface area (Å²) in [6.45, 7) is 0. The van der Waals surface area contributed by atoms with Gasteiger partial charge in [-0.2, -0.15) is 18.3 Å². The molecule has 0 saturated carbocycles. The van der Waals surface area contributed by atoms with Gasteiger partial charge in [0.2, 0.25) is 0 Å². The second-order valence-electron chi connectivity index (χ2n) is 4.31. The molecule has 0 unspecified atom stereocenters. The van der Waals surface area contributed by atoms with Crippen molar-refractivity contribution < 1.29 is 13.2 Å². The Hall–Kier alpha value is -2.41. The Morgan fingerprint density at radius 2 is 1.64 bits per heavy atom. The summed E-state index contributed by atoms with van der Waals surface area (Å²) in [4.78, 5) is 0. The van der Waals surface area contributed by atoms with Crippen molar-refractivity contribution in [3.63, 3.8) is 0 Å². The summed E-state index contributed by atoms with van der Waals surface area (Å²) >= 11 is 5.04. The largest absolute Gasteiger partial charge is 0.416 e. The first-order valence-electron chi connectivity index (χ1n) is 6.27. The lowest BCUT2D eigenvalue weighted by Gasteiger charge is -2.07. The van der Waals surface area contributed by atoms with Gasteiger partial charge in [-0.05, 0) is 42.0 Å². The normalized spacial score (nSPS) is 11.4. The van der Waals surface area contributed by atoms with Gasteiger partial charge in [0.25, 0.3) is 0 Å². The summed E-state index contributed by atoms with van der Waals surface area (Å²) in [6, 6.07) is 13.9. The van der Waals surface area contributed by atoms with Crippen molar-refractivity contribution >= 4 is 29.2 Å². The average Bonchev–Trinajstić information content (AvgIpc) is 2.48. The van der Waals surface area contributed by atoms with E-state index in [1.807, 2.05) is 30.3 Å². The standard InChI is InChI=1S/C15H12F3N3S/c16-15(17,18)12-8-6-11(7-9-12)10-19-21-14(22)20-13-4-2-1-3-5-13/h1-10H,(H2,20,21,22)/b19-10+. The van der Waals surface area contributed by atoms with E-state index < -0.39 is 11.7 Å². The number of benzene rings is 2. The molecule has 2 aromatic carbocycles. The van der Waals surface area contributed by atoms with Crippen LogP contribution in [0, 0.1) is 0 Å². The van der Waals surface area contributed by atoms with Crippen LogP contribution in [0.2, 0.25) is 0 Å². The van der Waals surface area contributed by atoms with E-state index in [0.717, 1.165) is 17.8 Å². The molecule has 114 valence electrons. The highest BCUT2D eigenvalue weighted by atomic mass is 32.1. The zero-order valence-corrected chi connectivity index (χ0v) is 12.1. The molecule has 7 heteroatoms. The highest BCUT2D eigenvalue weighted by Gasteiger charge is 2.29. The zero-order chi connectivity index (χ0) is 16.0. The molecule has 0 heterocycles. The van der Waals surface area contributed by atoms with Gasteiger partial charge >= 0.3 is 6.18 Å². The Balaban J connectivity index is 1.88. The minimum absolute atomic E-state index is 0.286. The molecule has 22 heavy (non-hydrogen) atoms. The number of hydrogen-bond acceptors (Lipinski definition) is 2. The smallest absolute Gasteiger partial charge is 0.331 e. The van der Waals surface area contributed by atoms with E-state index >= 15 is 0 Å². The van der Waals surface area contributed by atoms with Crippen LogP contribution in [-0.2, 0) is 6.18 Å². The van der Waals surface area contributed by atoms with Crippen LogP contribution in [0.4, 0.5) is 18.9 Å². The van der Waals surface area contributed by atoms with E-state index in [-0.39, 0.29) is 5.11 Å². The Morgan fingerprint density at radius 1 is 1.00 bits per heavy atom. The van der Waals surface area contributed by atoms with E-state index in [2.05, 4.69) is 15.8 Å². The number of hydrazone groups is 1. The third-order valence-corrected chi connectivity index (χ3v) is 2.84. The molecule has 3 nitrogen and oxygen atoms in total. The van der Waals surface area contributed by atoms with Gasteiger partial charge in [0, 0.05) is 5.69 Å². The molecule has 0 aliphatic heterocycles. The summed E-state index contributed by atoms with van der Waals surface area (Å²) in [5, 5.41) is 7.07. The molecule has 0 aromatic heterocycles. The molecule has 0 fully saturated rings. The average molecular weight is 323 g/mol. The molecule has 0 bridgehead atoms. The SMILES string of the molecule is FC(F)(F)c1ccc(/C=N/NC(=S)Nc2ccccc2)cc1. The van der Waals surface area contributed by atoms with Crippen molar-refractivity contribution in [2.75, 3.05) is 5.32 Å². The Morgan fingerprint density at radius 3 is 2.23 bits per heavy atom. The van der Waals surface area contributed by atoms with Gasteiger partial charge in [0.1, 0.15) is 0 Å². The number of hydrogen-bond donors (Lipinski definition) is 2. The number of alkyl halides is 3. The summed E-state index contributed by atoms with van der Waals surface area (Å²) in [5.41, 5.74) is 3.24. The van der Waals surface area contributed by atoms with Gasteiger partial charge in [-0.1, -0.05) is 30.3 Å². The van der Waals surface area contributed by atoms with Crippen molar-refractivity contribution in [3.05, 3.63) is 65.7 Å². The number of halogens is 3. The van der Waals surface area contributed by atoms with Crippen molar-refractivity contribution in [2.45, 2.75) is 6.18 Å². The van der Waals surface area contributed by atoms with Crippen LogP contribution < -0.4 is 10.7 Å². The highest BCUT2D eigenvalue weighted by molar-refractivity contribution is 7.80. The van der Waals surface area contributed by atoms with Crippen molar-refractivity contribution in [1.29, 1.82) is 0 Å². The Labute approximate surface area is 130 Å². The third-order valence-electron chi connectivity index (χ3n) is 2.65. The Kier molecular flexibility index (Phi) is 5.11. The predicted octanol–water partition coefficient (Wildman–Crippen LogP) is 4.03. The van der Waals surface area contributed by atoms with Crippen LogP contribution in [-0.4, -0.2) is 11.3 Å². The molecular formula is C15H12F3N3S. The van der Waals surface area contributed by atoms with Crippen molar-refractivity contribution in [2.24, 2.45) is 5.10 Å². The molecule has 0 radical (unpaired) electrons. The number of para-hydroxylation sites is 1. The number of rotatable bonds is 3. The quantitative estimate of drug-likeness (QED) is 0.509. The maximum atomic E-state index is 12.4. The summed E-state index contributed by atoms with van der Waals surface area (Å²) in [6.07, 6.45) is -2.95. The highest BCUT2D eigenvalue weighted by Crippen LogP contribution is 2.28. The van der Waals surface area contributed by atoms with Gasteiger partial charge in [0.05, 0.1) is 11.8 Å². The molecule has 0 atom stereocenters. The maximum Gasteiger partial charge on any atom is 0.416 e. The monoisotopic (exact) mass is 323 g/mol. The summed E-state index contributed by atoms with van der Waals surface area (Å²) in [5.74, 6) is 0. The fourth-order valence-electron chi connectivity index (χ4n) is 1.60. The van der Waals surface area contributed by atoms with Crippen LogP contribution in [0.25, 0.3) is 0 Å². The molecule has 0 aliphatic carbocycles. The maximum absolute atomic E-state index is 12.4. The first kappa shape index (κ1) is 16.0. The Bertz CT molecular complexity index is 652. The third kappa shape index (κ3) is 4.85. The minimum Gasteiger partial charge on any atom is -0.331 e. The number of thiocarbonyl (C=S) groups is 1. The molecule has 0 saturated heterocycles. The second kappa shape index (κ2) is 7.04. The van der Waals surface area contributed by atoms with Gasteiger partial charge in [-0.3, -0.25) is 5.43 Å². The fourth-order valence-corrected chi connectivity index (χ4v) is 1.77. The topological polar surface area (TPSA) is 36.4 Å². The van der Waals surface area contributed by atoms with Gasteiger partial charge in [-0.15, -0.1) is 0 Å². The van der Waals surface area contributed by atoms with E-state index in [1.54, 1.807) is 0 Å². The lowest BCUT2D eigenvalue weighted by atomic mass is 10.1. The molecule has 0 spiro atoms. The van der Waals surface area contributed by atoms with E-state index in [9.17, 15) is 13.2 Å². The number of nitrogens with one attached hydrogen (secondary N) is 2. The van der Waals surface area contributed by atoms with Crippen LogP contribution >= 0.6 is 12.2 Å². The van der Waals surface area contributed by atoms with Crippen molar-refractivity contribution in [3.8, 4) is 0 Å². The molecule has 0 amide bonds. The summed E-state index contributed by atoms with van der Waals surface area (Å²) < 4.78 is 37.2. The van der Waals surface area contributed by atoms with Crippen LogP contribution in [0.5, 0.6) is 0 Å². The van der Waals surface area contributed by atoms with Crippen molar-refractivity contribution in [1.82, 2.24) is 5.43 Å². The molecular weight excluding hydrogens is 311 g/mol. The molecule has 2 N–H and O–H groups in total. The molecule has 2 rings (SSSR count). The van der Waals surface area contributed by atoms with Gasteiger partial charge in [-0.25, -0.2) is 0 Å². The second-order valence-corrected chi connectivity index (χ2v) is 4.72. The van der Waals surface area contributed by atoms with Crippen LogP contribution in [0.15, 0.2) is 59.7 Å². The molecule has 0 aliphatic rings. The zero-order valence-electron chi connectivity index (χ0n) is 11.3. The van der Waals surface area contributed by atoms with E-state index in [1.165, 1.54) is 18.3 Å². The molecule has 2 aromatic rings. The summed E-state index contributed by atoms with van der Waals surface area (Å²) in [7, 11) is 0. The number of anilines is 1. The van der Waals surface area contributed by atoms with E-state index in [0.29, 0.717) is 5.56 Å². The fraction of sp³-hybridized carbons (Fsp3) is 0.0667. The first-order chi connectivity index (χ1) is 10.4. The van der Waals surface area contributed by atoms with Gasteiger partial charge < -0.3 is 5.32 Å². The minimum atomic E-state index is -4.34. The van der Waals surface area contributed by atoms with Crippen LogP contribution in [0.1, 0.15) is 11.1 Å². The lowest BCUT2D eigenvalue weighted by molar-refractivity contribution is -0.137. The van der Waals surface area contributed by atoms with Gasteiger partial charge in [0.15, 0.2) is 5.11 Å². The number of nitrogens with zero attached hydrogens (tertiary/aromatic N) is 1. The first-order valence-corrected chi connectivity index (χ1v) is 6.68. The lowest BCUT2D eigenvalue weighted by Crippen LogP contribution is -2.23. The van der Waals surface area contributed by atoms with Crippen LogP contribution in [0.3, 0.4) is 0 Å².